The number of hydrogen-bond donors (Lipinski definition) is 2. The molecule has 2 N–H and O–H groups in total. The van der Waals surface area contributed by atoms with Gasteiger partial charge in [-0.2, -0.15) is 0 Å². The minimum Gasteiger partial charge on any atom is -0.438 e. The summed E-state index contributed by atoms with van der Waals surface area (Å²) in [4.78, 5) is 17.8. The van der Waals surface area contributed by atoms with Crippen molar-refractivity contribution in [3.05, 3.63) is 47.9 Å². The molecular formula is C22H27FN2O3S. The normalized spacial score (nSPS) is 19.6. The van der Waals surface area contributed by atoms with Gasteiger partial charge in [0.2, 0.25) is 5.88 Å². The minimum atomic E-state index is -0.715. The van der Waals surface area contributed by atoms with Gasteiger partial charge < -0.3 is 15.2 Å². The molecule has 1 aromatic heterocycles. The number of carbonyl (C=O) groups is 1. The van der Waals surface area contributed by atoms with Gasteiger partial charge in [-0.3, -0.25) is 4.79 Å². The summed E-state index contributed by atoms with van der Waals surface area (Å²) in [6.45, 7) is 3.65. The van der Waals surface area contributed by atoms with Crippen LogP contribution in [0, 0.1) is 11.7 Å². The van der Waals surface area contributed by atoms with Gasteiger partial charge in [0, 0.05) is 10.9 Å². The van der Waals surface area contributed by atoms with Gasteiger partial charge in [-0.05, 0) is 76.0 Å². The number of thioether (sulfide) groups is 1. The van der Waals surface area contributed by atoms with Crippen LogP contribution in [0.4, 0.5) is 4.39 Å². The summed E-state index contributed by atoms with van der Waals surface area (Å²) in [6, 6.07) is 8.55. The SMILES string of the molecule is CSc1cccc(Oc2ncc(F)cc2C(=O)N[C@H]2CC[C@@H](C(C)(C)O)CC2)c1. The van der Waals surface area contributed by atoms with Gasteiger partial charge in [-0.25, -0.2) is 9.37 Å². The predicted molar refractivity (Wildman–Crippen MR) is 112 cm³/mol. The first-order valence-corrected chi connectivity index (χ1v) is 11.0. The van der Waals surface area contributed by atoms with Crippen molar-refractivity contribution < 1.29 is 19.0 Å². The van der Waals surface area contributed by atoms with Crippen LogP contribution in [0.3, 0.4) is 0 Å². The Bertz CT molecular complexity index is 861. The number of rotatable bonds is 6. The van der Waals surface area contributed by atoms with Gasteiger partial charge in [0.05, 0.1) is 11.8 Å². The number of aromatic nitrogens is 1. The van der Waals surface area contributed by atoms with E-state index in [1.165, 1.54) is 0 Å². The lowest BCUT2D eigenvalue weighted by atomic mass is 9.77. The quantitative estimate of drug-likeness (QED) is 0.660. The van der Waals surface area contributed by atoms with Gasteiger partial charge in [-0.15, -0.1) is 11.8 Å². The predicted octanol–water partition coefficient (Wildman–Crippen LogP) is 4.79. The number of benzene rings is 1. The Morgan fingerprint density at radius 1 is 1.28 bits per heavy atom. The highest BCUT2D eigenvalue weighted by atomic mass is 32.2. The first kappa shape index (κ1) is 21.6. The van der Waals surface area contributed by atoms with Crippen LogP contribution in [0.2, 0.25) is 0 Å². The third-order valence-corrected chi connectivity index (χ3v) is 6.10. The van der Waals surface area contributed by atoms with Crippen LogP contribution < -0.4 is 10.1 Å². The zero-order valence-corrected chi connectivity index (χ0v) is 17.8. The van der Waals surface area contributed by atoms with Crippen LogP contribution in [0.15, 0.2) is 41.4 Å². The fraction of sp³-hybridized carbons (Fsp3) is 0.455. The summed E-state index contributed by atoms with van der Waals surface area (Å²) < 4.78 is 19.6. The van der Waals surface area contributed by atoms with Crippen LogP contribution in [0.25, 0.3) is 0 Å². The number of nitrogens with one attached hydrogen (secondary N) is 1. The van der Waals surface area contributed by atoms with Crippen LogP contribution in [-0.2, 0) is 0 Å². The molecule has 0 radical (unpaired) electrons. The van der Waals surface area contributed by atoms with Gasteiger partial charge in [0.25, 0.3) is 5.91 Å². The fourth-order valence-electron chi connectivity index (χ4n) is 3.65. The Hall–Kier alpha value is -2.12. The topological polar surface area (TPSA) is 71.5 Å². The van der Waals surface area contributed by atoms with Crippen molar-refractivity contribution in [1.29, 1.82) is 0 Å². The average molecular weight is 419 g/mol. The van der Waals surface area contributed by atoms with Crippen molar-refractivity contribution in [3.8, 4) is 11.6 Å². The Kier molecular flexibility index (Phi) is 6.80. The molecule has 5 nitrogen and oxygen atoms in total. The maximum atomic E-state index is 13.8. The molecule has 0 saturated heterocycles. The molecule has 1 saturated carbocycles. The van der Waals surface area contributed by atoms with Crippen molar-refractivity contribution >= 4 is 17.7 Å². The van der Waals surface area contributed by atoms with Crippen LogP contribution in [0.5, 0.6) is 11.6 Å². The molecular weight excluding hydrogens is 391 g/mol. The number of amides is 1. The van der Waals surface area contributed by atoms with E-state index in [0.717, 1.165) is 42.8 Å². The van der Waals surface area contributed by atoms with Gasteiger partial charge >= 0.3 is 0 Å². The highest BCUT2D eigenvalue weighted by Crippen LogP contribution is 2.33. The first-order valence-electron chi connectivity index (χ1n) is 9.77. The number of hydrogen-bond acceptors (Lipinski definition) is 5. The Morgan fingerprint density at radius 3 is 2.66 bits per heavy atom. The third kappa shape index (κ3) is 5.70. The van der Waals surface area contributed by atoms with Gasteiger partial charge in [0.1, 0.15) is 17.1 Å². The Morgan fingerprint density at radius 2 is 2.00 bits per heavy atom. The number of carbonyl (C=O) groups excluding carboxylic acids is 1. The zero-order valence-electron chi connectivity index (χ0n) is 16.9. The molecule has 2 aromatic rings. The lowest BCUT2D eigenvalue weighted by molar-refractivity contribution is -0.00257. The zero-order chi connectivity index (χ0) is 21.0. The van der Waals surface area contributed by atoms with Crippen molar-refractivity contribution in [2.24, 2.45) is 5.92 Å². The molecule has 0 spiro atoms. The molecule has 0 aliphatic heterocycles. The fourth-order valence-corrected chi connectivity index (χ4v) is 4.10. The van der Waals surface area contributed by atoms with E-state index < -0.39 is 17.3 Å². The Balaban J connectivity index is 1.71. The lowest BCUT2D eigenvalue weighted by Crippen LogP contribution is -2.41. The standard InChI is InChI=1S/C22H27FN2O3S/c1-22(2,27)14-7-9-16(10-8-14)25-20(26)19-11-15(23)13-24-21(19)28-17-5-4-6-18(12-17)29-3/h4-6,11-14,16,27H,7-10H2,1-3H3,(H,25,26)/t14-,16+. The second-order valence-corrected chi connectivity index (χ2v) is 8.84. The molecule has 0 atom stereocenters. The first-order chi connectivity index (χ1) is 13.8. The molecule has 1 aromatic carbocycles. The van der Waals surface area contributed by atoms with Crippen molar-refractivity contribution in [2.75, 3.05) is 6.26 Å². The average Bonchev–Trinajstić information content (AvgIpc) is 2.69. The molecule has 7 heteroatoms. The third-order valence-electron chi connectivity index (χ3n) is 5.38. The second-order valence-electron chi connectivity index (χ2n) is 7.96. The van der Waals surface area contributed by atoms with E-state index in [9.17, 15) is 14.3 Å². The smallest absolute Gasteiger partial charge is 0.257 e. The number of nitrogens with zero attached hydrogens (tertiary/aromatic N) is 1. The maximum Gasteiger partial charge on any atom is 0.257 e. The summed E-state index contributed by atoms with van der Waals surface area (Å²) in [5, 5.41) is 13.1. The summed E-state index contributed by atoms with van der Waals surface area (Å²) >= 11 is 1.57. The van der Waals surface area contributed by atoms with Crippen LogP contribution in [-0.4, -0.2) is 33.9 Å². The molecule has 0 bridgehead atoms. The van der Waals surface area contributed by atoms with Crippen LogP contribution in [0.1, 0.15) is 49.9 Å². The molecule has 1 heterocycles. The summed E-state index contributed by atoms with van der Waals surface area (Å²) in [6.07, 6.45) is 6.21. The monoisotopic (exact) mass is 418 g/mol. The molecule has 1 fully saturated rings. The molecule has 1 aliphatic carbocycles. The van der Waals surface area contributed by atoms with Crippen molar-refractivity contribution in [1.82, 2.24) is 10.3 Å². The van der Waals surface area contributed by atoms with Crippen molar-refractivity contribution in [2.45, 2.75) is 56.1 Å². The minimum absolute atomic E-state index is 0.0166. The molecule has 3 rings (SSSR count). The van der Waals surface area contributed by atoms with Gasteiger partial charge in [-0.1, -0.05) is 6.07 Å². The van der Waals surface area contributed by atoms with Crippen molar-refractivity contribution in [3.63, 3.8) is 0 Å². The molecule has 0 unspecified atom stereocenters. The van der Waals surface area contributed by atoms with E-state index in [-0.39, 0.29) is 23.4 Å². The van der Waals surface area contributed by atoms with E-state index in [4.69, 9.17) is 4.74 Å². The van der Waals surface area contributed by atoms with Crippen LogP contribution >= 0.6 is 11.8 Å². The Labute approximate surface area is 175 Å². The molecule has 1 aliphatic rings. The van der Waals surface area contributed by atoms with E-state index >= 15 is 0 Å². The van der Waals surface area contributed by atoms with E-state index in [2.05, 4.69) is 10.3 Å². The highest BCUT2D eigenvalue weighted by molar-refractivity contribution is 7.98. The maximum absolute atomic E-state index is 13.8. The van der Waals surface area contributed by atoms with E-state index in [1.807, 2.05) is 38.3 Å². The number of ether oxygens (including phenoxy) is 1. The molecule has 156 valence electrons. The molecule has 1 amide bonds. The molecule has 29 heavy (non-hydrogen) atoms. The largest absolute Gasteiger partial charge is 0.438 e. The highest BCUT2D eigenvalue weighted by Gasteiger charge is 2.32. The lowest BCUT2D eigenvalue weighted by Gasteiger charge is -2.36. The summed E-state index contributed by atoms with van der Waals surface area (Å²) in [5.74, 6) is -0.164. The van der Waals surface area contributed by atoms with E-state index in [1.54, 1.807) is 17.8 Å². The summed E-state index contributed by atoms with van der Waals surface area (Å²) in [5.41, 5.74) is -0.641. The number of halogens is 1. The summed E-state index contributed by atoms with van der Waals surface area (Å²) in [7, 11) is 0. The number of pyridine rings is 1. The van der Waals surface area contributed by atoms with Gasteiger partial charge in [0.15, 0.2) is 0 Å². The van der Waals surface area contributed by atoms with E-state index in [0.29, 0.717) is 5.75 Å². The number of aliphatic hydroxyl groups is 1. The second kappa shape index (κ2) is 9.13.